The second kappa shape index (κ2) is 31.5. The van der Waals surface area contributed by atoms with Crippen LogP contribution < -0.4 is 0 Å². The van der Waals surface area contributed by atoms with Gasteiger partial charge in [0.25, 0.3) is 0 Å². The highest BCUT2D eigenvalue weighted by Gasteiger charge is 2.09. The highest BCUT2D eigenvalue weighted by atomic mass is 14.8. The number of rotatable bonds is 33. The van der Waals surface area contributed by atoms with Gasteiger partial charge in [-0.2, -0.15) is 0 Å². The molecule has 2 rings (SSSR count). The minimum Gasteiger partial charge on any atom is -0.252 e. The molecule has 0 unspecified atom stereocenters. The Labute approximate surface area is 311 Å². The molecule has 0 aromatic heterocycles. The van der Waals surface area contributed by atoms with Crippen LogP contribution in [0, 0.1) is 0 Å². The Morgan fingerprint density at radius 3 is 1.08 bits per heavy atom. The Morgan fingerprint density at radius 1 is 0.380 bits per heavy atom. The van der Waals surface area contributed by atoms with E-state index in [1.807, 2.05) is 0 Å². The summed E-state index contributed by atoms with van der Waals surface area (Å²) >= 11 is 0. The molecule has 0 spiro atoms. The van der Waals surface area contributed by atoms with Crippen molar-refractivity contribution in [1.82, 2.24) is 0 Å². The zero-order valence-electron chi connectivity index (χ0n) is 33.7. The van der Waals surface area contributed by atoms with E-state index in [2.05, 4.69) is 76.2 Å². The Kier molecular flexibility index (Phi) is 27.7. The standard InChI is InChI=1S/C48H80N2/c1-5-9-12-14-16-18-20-22-24-26-28-30-34-43-36-32-38-45(41-43)49-47(8-4)48(40-11-7-3)50-46-39-33-37-44(42-46)35-31-29-27-25-23-21-19-17-15-13-10-6-2/h32-33,36-39,41-42H,5-31,34-35,40H2,1-4H3. The van der Waals surface area contributed by atoms with Crippen molar-refractivity contribution < 1.29 is 0 Å². The Hall–Kier alpha value is -2.22. The van der Waals surface area contributed by atoms with E-state index in [-0.39, 0.29) is 0 Å². The van der Waals surface area contributed by atoms with Gasteiger partial charge >= 0.3 is 0 Å². The normalized spacial score (nSPS) is 12.2. The molecule has 0 aliphatic carbocycles. The lowest BCUT2D eigenvalue weighted by Gasteiger charge is -2.11. The number of aliphatic imine (C=N–C) groups is 2. The van der Waals surface area contributed by atoms with Crippen molar-refractivity contribution in [3.05, 3.63) is 59.7 Å². The topological polar surface area (TPSA) is 24.7 Å². The van der Waals surface area contributed by atoms with E-state index in [1.54, 1.807) is 0 Å². The molecule has 0 atom stereocenters. The maximum Gasteiger partial charge on any atom is 0.0636 e. The van der Waals surface area contributed by atoms with Gasteiger partial charge in [-0.05, 0) is 80.3 Å². The van der Waals surface area contributed by atoms with E-state index >= 15 is 0 Å². The molecule has 0 saturated heterocycles. The van der Waals surface area contributed by atoms with Gasteiger partial charge in [-0.3, -0.25) is 9.98 Å². The molecule has 0 fully saturated rings. The molecule has 2 heteroatoms. The fourth-order valence-electron chi connectivity index (χ4n) is 7.17. The van der Waals surface area contributed by atoms with E-state index in [0.29, 0.717) is 0 Å². The molecule has 2 aromatic rings. The van der Waals surface area contributed by atoms with E-state index in [0.717, 1.165) is 49.2 Å². The first-order valence-electron chi connectivity index (χ1n) is 22.0. The Bertz CT molecular complexity index is 1130. The molecule has 0 N–H and O–H groups in total. The third kappa shape index (κ3) is 22.6. The van der Waals surface area contributed by atoms with Crippen LogP contribution in [-0.2, 0) is 12.8 Å². The predicted molar refractivity (Wildman–Crippen MR) is 226 cm³/mol. The van der Waals surface area contributed by atoms with Crippen LogP contribution in [0.1, 0.15) is 219 Å². The predicted octanol–water partition coefficient (Wildman–Crippen LogP) is 16.6. The molecule has 0 saturated carbocycles. The van der Waals surface area contributed by atoms with Gasteiger partial charge in [0.2, 0.25) is 0 Å². The quantitative estimate of drug-likeness (QED) is 0.0528. The molecule has 0 amide bonds. The molecule has 2 aromatic carbocycles. The highest BCUT2D eigenvalue weighted by Crippen LogP contribution is 2.22. The lowest BCUT2D eigenvalue weighted by molar-refractivity contribution is 0.544. The highest BCUT2D eigenvalue weighted by molar-refractivity contribution is 6.43. The van der Waals surface area contributed by atoms with Crippen LogP contribution in [-0.4, -0.2) is 11.4 Å². The van der Waals surface area contributed by atoms with Crippen molar-refractivity contribution in [3.63, 3.8) is 0 Å². The summed E-state index contributed by atoms with van der Waals surface area (Å²) in [6.07, 6.45) is 40.1. The Morgan fingerprint density at radius 2 is 0.720 bits per heavy atom. The summed E-state index contributed by atoms with van der Waals surface area (Å²) in [6.45, 7) is 9.11. The van der Waals surface area contributed by atoms with Gasteiger partial charge in [-0.15, -0.1) is 0 Å². The van der Waals surface area contributed by atoms with Crippen molar-refractivity contribution in [1.29, 1.82) is 0 Å². The summed E-state index contributed by atoms with van der Waals surface area (Å²) < 4.78 is 0. The third-order valence-corrected chi connectivity index (χ3v) is 10.4. The summed E-state index contributed by atoms with van der Waals surface area (Å²) in [5.74, 6) is 0. The summed E-state index contributed by atoms with van der Waals surface area (Å²) in [5.41, 5.74) is 7.34. The second-order valence-electron chi connectivity index (χ2n) is 15.2. The van der Waals surface area contributed by atoms with Crippen LogP contribution in [0.5, 0.6) is 0 Å². The Balaban J connectivity index is 1.82. The third-order valence-electron chi connectivity index (χ3n) is 10.4. The summed E-state index contributed by atoms with van der Waals surface area (Å²) in [7, 11) is 0. The van der Waals surface area contributed by atoms with Crippen LogP contribution in [0.25, 0.3) is 0 Å². The van der Waals surface area contributed by atoms with Gasteiger partial charge in [-0.25, -0.2) is 0 Å². The number of benzene rings is 2. The maximum absolute atomic E-state index is 5.26. The first-order chi connectivity index (χ1) is 24.7. The first kappa shape index (κ1) is 43.9. The molecular weight excluding hydrogens is 605 g/mol. The van der Waals surface area contributed by atoms with Crippen molar-refractivity contribution in [2.75, 3.05) is 0 Å². The zero-order valence-corrected chi connectivity index (χ0v) is 33.7. The average Bonchev–Trinajstić information content (AvgIpc) is 3.13. The average molecular weight is 685 g/mol. The molecule has 50 heavy (non-hydrogen) atoms. The van der Waals surface area contributed by atoms with Crippen LogP contribution >= 0.6 is 0 Å². The van der Waals surface area contributed by atoms with E-state index in [4.69, 9.17) is 9.98 Å². The fraction of sp³-hybridized carbons (Fsp3) is 0.708. The first-order valence-corrected chi connectivity index (χ1v) is 22.0. The molecule has 0 bridgehead atoms. The van der Waals surface area contributed by atoms with E-state index in [9.17, 15) is 0 Å². The second-order valence-corrected chi connectivity index (χ2v) is 15.2. The van der Waals surface area contributed by atoms with Crippen LogP contribution in [0.3, 0.4) is 0 Å². The van der Waals surface area contributed by atoms with Crippen molar-refractivity contribution in [2.24, 2.45) is 9.98 Å². The van der Waals surface area contributed by atoms with Crippen molar-refractivity contribution in [2.45, 2.75) is 220 Å². The largest absolute Gasteiger partial charge is 0.252 e. The molecule has 0 heterocycles. The number of unbranched alkanes of at least 4 members (excludes halogenated alkanes) is 23. The molecule has 0 aliphatic heterocycles. The number of aryl methyl sites for hydroxylation is 2. The minimum absolute atomic E-state index is 0.907. The van der Waals surface area contributed by atoms with Gasteiger partial charge in [0.15, 0.2) is 0 Å². The lowest BCUT2D eigenvalue weighted by Crippen LogP contribution is -2.13. The summed E-state index contributed by atoms with van der Waals surface area (Å²) in [4.78, 5) is 10.5. The smallest absolute Gasteiger partial charge is 0.0636 e. The maximum atomic E-state index is 5.26. The van der Waals surface area contributed by atoms with E-state index < -0.39 is 0 Å². The molecule has 0 radical (unpaired) electrons. The minimum atomic E-state index is 0.907. The van der Waals surface area contributed by atoms with Gasteiger partial charge in [0.05, 0.1) is 22.8 Å². The van der Waals surface area contributed by atoms with Crippen LogP contribution in [0.4, 0.5) is 11.4 Å². The molecule has 2 nitrogen and oxygen atoms in total. The van der Waals surface area contributed by atoms with Crippen molar-refractivity contribution >= 4 is 22.8 Å². The number of hydrogen-bond acceptors (Lipinski definition) is 2. The van der Waals surface area contributed by atoms with Gasteiger partial charge < -0.3 is 0 Å². The monoisotopic (exact) mass is 685 g/mol. The fourth-order valence-corrected chi connectivity index (χ4v) is 7.17. The lowest BCUT2D eigenvalue weighted by atomic mass is 10.0. The molecule has 0 aliphatic rings. The van der Waals surface area contributed by atoms with Gasteiger partial charge in [0.1, 0.15) is 0 Å². The van der Waals surface area contributed by atoms with Crippen molar-refractivity contribution in [3.8, 4) is 0 Å². The molecular formula is C48H80N2. The number of hydrogen-bond donors (Lipinski definition) is 0. The summed E-state index contributed by atoms with van der Waals surface area (Å²) in [5, 5.41) is 0. The molecule has 282 valence electrons. The van der Waals surface area contributed by atoms with Crippen LogP contribution in [0.15, 0.2) is 58.5 Å². The van der Waals surface area contributed by atoms with Gasteiger partial charge in [-0.1, -0.05) is 200 Å². The van der Waals surface area contributed by atoms with Gasteiger partial charge in [0, 0.05) is 0 Å². The number of nitrogens with zero attached hydrogens (tertiary/aromatic N) is 2. The van der Waals surface area contributed by atoms with Crippen LogP contribution in [0.2, 0.25) is 0 Å². The zero-order chi connectivity index (χ0) is 35.7. The summed E-state index contributed by atoms with van der Waals surface area (Å²) in [6, 6.07) is 18.0. The van der Waals surface area contributed by atoms with E-state index in [1.165, 1.54) is 177 Å². The SMILES string of the molecule is CCCCCCCCCCCCCCc1cccc(N=C(CC)C(CCCC)=Nc2cccc(CCCCCCCCCCCCCC)c2)c1.